The maximum Gasteiger partial charge on any atom is 0.328 e. The van der Waals surface area contributed by atoms with Gasteiger partial charge in [0.2, 0.25) is 0 Å². The van der Waals surface area contributed by atoms with Crippen molar-refractivity contribution in [3.05, 3.63) is 29.8 Å². The number of benzene rings is 1. The highest BCUT2D eigenvalue weighted by Gasteiger charge is 2.23. The van der Waals surface area contributed by atoms with E-state index >= 15 is 0 Å². The fourth-order valence-electron chi connectivity index (χ4n) is 1.72. The van der Waals surface area contributed by atoms with Crippen LogP contribution in [0.2, 0.25) is 0 Å². The summed E-state index contributed by atoms with van der Waals surface area (Å²) >= 11 is 0. The number of ether oxygens (including phenoxy) is 1. The maximum absolute atomic E-state index is 12.0. The summed E-state index contributed by atoms with van der Waals surface area (Å²) in [4.78, 5) is 23.6. The van der Waals surface area contributed by atoms with E-state index < -0.39 is 17.9 Å². The largest absolute Gasteiger partial charge is 0.508 e. The van der Waals surface area contributed by atoms with Gasteiger partial charge >= 0.3 is 5.97 Å². The van der Waals surface area contributed by atoms with Gasteiger partial charge < -0.3 is 15.2 Å². The summed E-state index contributed by atoms with van der Waals surface area (Å²) < 4.78 is 4.67. The Morgan fingerprint density at radius 3 is 2.58 bits per heavy atom. The Hall–Kier alpha value is -2.04. The molecule has 19 heavy (non-hydrogen) atoms. The molecule has 0 saturated carbocycles. The van der Waals surface area contributed by atoms with Crippen LogP contribution in [0.3, 0.4) is 0 Å². The molecule has 0 spiro atoms. The summed E-state index contributed by atoms with van der Waals surface area (Å²) in [5.74, 6) is -0.631. The molecule has 0 heterocycles. The third kappa shape index (κ3) is 4.62. The van der Waals surface area contributed by atoms with E-state index in [2.05, 4.69) is 10.1 Å². The predicted octanol–water partition coefficient (Wildman–Crippen LogP) is 1.71. The normalized spacial score (nSPS) is 12.0. The van der Waals surface area contributed by atoms with Crippen LogP contribution in [0, 0.1) is 5.92 Å². The van der Waals surface area contributed by atoms with Crippen LogP contribution in [0.15, 0.2) is 24.3 Å². The number of phenols is 1. The first-order valence-electron chi connectivity index (χ1n) is 6.11. The lowest BCUT2D eigenvalue weighted by Crippen LogP contribution is -2.42. The van der Waals surface area contributed by atoms with Gasteiger partial charge in [0.05, 0.1) is 7.11 Å². The molecule has 0 saturated heterocycles. The Bertz CT molecular complexity index is 457. The van der Waals surface area contributed by atoms with Crippen molar-refractivity contribution in [3.8, 4) is 5.75 Å². The highest BCUT2D eigenvalue weighted by atomic mass is 16.5. The number of methoxy groups -OCH3 is 1. The molecule has 1 aromatic rings. The van der Waals surface area contributed by atoms with E-state index in [9.17, 15) is 14.7 Å². The minimum atomic E-state index is -0.681. The van der Waals surface area contributed by atoms with E-state index in [4.69, 9.17) is 0 Å². The number of hydrogen-bond donors (Lipinski definition) is 2. The van der Waals surface area contributed by atoms with Crippen LogP contribution >= 0.6 is 0 Å². The summed E-state index contributed by atoms with van der Waals surface area (Å²) in [5.41, 5.74) is 0.303. The van der Waals surface area contributed by atoms with Crippen molar-refractivity contribution in [2.75, 3.05) is 7.11 Å². The molecule has 2 N–H and O–H groups in total. The SMILES string of the molecule is COC(=O)[C@H](CC(C)C)NC(=O)c1cccc(O)c1. The number of carbonyl (C=O) groups excluding carboxylic acids is 2. The van der Waals surface area contributed by atoms with E-state index in [-0.39, 0.29) is 11.7 Å². The van der Waals surface area contributed by atoms with Crippen LogP contribution in [0.5, 0.6) is 5.75 Å². The highest BCUT2D eigenvalue weighted by Crippen LogP contribution is 2.12. The molecule has 0 aliphatic rings. The van der Waals surface area contributed by atoms with Gasteiger partial charge in [-0.15, -0.1) is 0 Å². The Balaban J connectivity index is 2.78. The predicted molar refractivity (Wildman–Crippen MR) is 70.8 cm³/mol. The van der Waals surface area contributed by atoms with Crippen molar-refractivity contribution < 1.29 is 19.4 Å². The van der Waals surface area contributed by atoms with E-state index in [0.717, 1.165) is 0 Å². The van der Waals surface area contributed by atoms with Gasteiger partial charge in [-0.05, 0) is 30.5 Å². The van der Waals surface area contributed by atoms with Gasteiger partial charge in [0.1, 0.15) is 11.8 Å². The molecule has 1 atom stereocenters. The lowest BCUT2D eigenvalue weighted by atomic mass is 10.0. The second-order valence-electron chi connectivity index (χ2n) is 4.73. The van der Waals surface area contributed by atoms with Crippen molar-refractivity contribution in [1.82, 2.24) is 5.32 Å². The van der Waals surface area contributed by atoms with Gasteiger partial charge in [-0.1, -0.05) is 19.9 Å². The van der Waals surface area contributed by atoms with Crippen molar-refractivity contribution in [2.45, 2.75) is 26.3 Å². The van der Waals surface area contributed by atoms with Crippen LogP contribution in [0.1, 0.15) is 30.6 Å². The zero-order valence-corrected chi connectivity index (χ0v) is 11.3. The molecule has 0 aromatic heterocycles. The van der Waals surface area contributed by atoms with Crippen molar-refractivity contribution in [1.29, 1.82) is 0 Å². The molecule has 104 valence electrons. The van der Waals surface area contributed by atoms with E-state index in [1.165, 1.54) is 19.2 Å². The number of rotatable bonds is 5. The first-order chi connectivity index (χ1) is 8.93. The third-order valence-corrected chi connectivity index (χ3v) is 2.61. The summed E-state index contributed by atoms with van der Waals surface area (Å²) in [7, 11) is 1.29. The molecule has 1 aromatic carbocycles. The van der Waals surface area contributed by atoms with E-state index in [0.29, 0.717) is 12.0 Å². The Labute approximate surface area is 112 Å². The van der Waals surface area contributed by atoms with E-state index in [1.807, 2.05) is 13.8 Å². The number of nitrogens with one attached hydrogen (secondary N) is 1. The molecule has 5 heteroatoms. The van der Waals surface area contributed by atoms with Crippen LogP contribution in [0.25, 0.3) is 0 Å². The van der Waals surface area contributed by atoms with Gasteiger partial charge in [-0.25, -0.2) is 4.79 Å². The van der Waals surface area contributed by atoms with Crippen LogP contribution < -0.4 is 5.32 Å². The van der Waals surface area contributed by atoms with Crippen LogP contribution in [-0.4, -0.2) is 30.1 Å². The smallest absolute Gasteiger partial charge is 0.328 e. The molecular weight excluding hydrogens is 246 g/mol. The highest BCUT2D eigenvalue weighted by molar-refractivity contribution is 5.97. The van der Waals surface area contributed by atoms with Crippen molar-refractivity contribution in [3.63, 3.8) is 0 Å². The summed E-state index contributed by atoms with van der Waals surface area (Å²) in [6.45, 7) is 3.91. The number of carbonyl (C=O) groups is 2. The number of esters is 1. The van der Waals surface area contributed by atoms with E-state index in [1.54, 1.807) is 12.1 Å². The minimum Gasteiger partial charge on any atom is -0.508 e. The molecule has 0 aliphatic heterocycles. The molecular formula is C14H19NO4. The topological polar surface area (TPSA) is 75.6 Å². The van der Waals surface area contributed by atoms with Gasteiger partial charge in [0.15, 0.2) is 0 Å². The Morgan fingerprint density at radius 1 is 1.37 bits per heavy atom. The van der Waals surface area contributed by atoms with Crippen molar-refractivity contribution in [2.24, 2.45) is 5.92 Å². The number of phenolic OH excluding ortho intramolecular Hbond substituents is 1. The number of amides is 1. The summed E-state index contributed by atoms with van der Waals surface area (Å²) in [5, 5.41) is 11.9. The van der Waals surface area contributed by atoms with Gasteiger partial charge in [0.25, 0.3) is 5.91 Å². The third-order valence-electron chi connectivity index (χ3n) is 2.61. The maximum atomic E-state index is 12.0. The second-order valence-corrected chi connectivity index (χ2v) is 4.73. The lowest BCUT2D eigenvalue weighted by Gasteiger charge is -2.18. The standard InChI is InChI=1S/C14H19NO4/c1-9(2)7-12(14(18)19-3)15-13(17)10-5-4-6-11(16)8-10/h4-6,8-9,12,16H,7H2,1-3H3,(H,15,17)/t12-/m0/s1. The van der Waals surface area contributed by atoms with Crippen molar-refractivity contribution >= 4 is 11.9 Å². The zero-order chi connectivity index (χ0) is 14.4. The minimum absolute atomic E-state index is 0.00567. The fourth-order valence-corrected chi connectivity index (χ4v) is 1.72. The molecule has 1 rings (SSSR count). The van der Waals surface area contributed by atoms with Crippen LogP contribution in [0.4, 0.5) is 0 Å². The molecule has 5 nitrogen and oxygen atoms in total. The summed E-state index contributed by atoms with van der Waals surface area (Å²) in [6, 6.07) is 5.28. The monoisotopic (exact) mass is 265 g/mol. The average molecular weight is 265 g/mol. The van der Waals surface area contributed by atoms with Gasteiger partial charge in [0, 0.05) is 5.56 Å². The average Bonchev–Trinajstić information content (AvgIpc) is 2.36. The molecule has 0 unspecified atom stereocenters. The second kappa shape index (κ2) is 6.78. The van der Waals surface area contributed by atoms with Gasteiger partial charge in [-0.2, -0.15) is 0 Å². The van der Waals surface area contributed by atoms with Gasteiger partial charge in [-0.3, -0.25) is 4.79 Å². The first kappa shape index (κ1) is 15.0. The van der Waals surface area contributed by atoms with Crippen LogP contribution in [-0.2, 0) is 9.53 Å². The molecule has 1 amide bonds. The molecule has 0 radical (unpaired) electrons. The zero-order valence-electron chi connectivity index (χ0n) is 11.3. The molecule has 0 aliphatic carbocycles. The quantitative estimate of drug-likeness (QED) is 0.795. The molecule has 0 bridgehead atoms. The number of hydrogen-bond acceptors (Lipinski definition) is 4. The lowest BCUT2D eigenvalue weighted by molar-refractivity contribution is -0.143. The fraction of sp³-hybridized carbons (Fsp3) is 0.429. The number of aromatic hydroxyl groups is 1. The molecule has 0 fully saturated rings. The Kier molecular flexibility index (Phi) is 5.36. The Morgan fingerprint density at radius 2 is 2.05 bits per heavy atom. The first-order valence-corrected chi connectivity index (χ1v) is 6.11. The summed E-state index contributed by atoms with van der Waals surface area (Å²) in [6.07, 6.45) is 0.497.